The predicted molar refractivity (Wildman–Crippen MR) is 78.1 cm³/mol. The zero-order chi connectivity index (χ0) is 15.0. The second-order valence-corrected chi connectivity index (χ2v) is 7.31. The molecule has 0 amide bonds. The van der Waals surface area contributed by atoms with Gasteiger partial charge in [-0.05, 0) is 38.0 Å². The fraction of sp³-hybridized carbons (Fsp3) is 0.538. The molecule has 1 aliphatic rings. The number of sulfonamides is 1. The molecule has 0 radical (unpaired) electrons. The Bertz CT molecular complexity index is 606. The van der Waals surface area contributed by atoms with Crippen LogP contribution >= 0.6 is 11.6 Å². The Balaban J connectivity index is 2.36. The third kappa shape index (κ3) is 2.99. The number of rotatable bonds is 4. The van der Waals surface area contributed by atoms with Crippen molar-refractivity contribution < 1.29 is 13.2 Å². The Labute approximate surface area is 124 Å². The van der Waals surface area contributed by atoms with Gasteiger partial charge in [0.2, 0.25) is 10.0 Å². The number of ether oxygens (including phenoxy) is 1. The lowest BCUT2D eigenvalue weighted by Crippen LogP contribution is -2.50. The lowest BCUT2D eigenvalue weighted by molar-refractivity contribution is 0.0957. The van der Waals surface area contributed by atoms with Gasteiger partial charge in [0.15, 0.2) is 0 Å². The molecule has 0 saturated carbocycles. The summed E-state index contributed by atoms with van der Waals surface area (Å²) in [6.45, 7) is 4.49. The van der Waals surface area contributed by atoms with Gasteiger partial charge in [-0.3, -0.25) is 0 Å². The van der Waals surface area contributed by atoms with Gasteiger partial charge in [-0.15, -0.1) is 0 Å². The van der Waals surface area contributed by atoms with E-state index >= 15 is 0 Å². The number of halogens is 1. The van der Waals surface area contributed by atoms with Crippen LogP contribution in [-0.4, -0.2) is 26.7 Å². The maximum atomic E-state index is 12.5. The summed E-state index contributed by atoms with van der Waals surface area (Å²) >= 11 is 6.01. The summed E-state index contributed by atoms with van der Waals surface area (Å²) in [5.74, 6) is 0. The molecule has 2 unspecified atom stereocenters. The predicted octanol–water partition coefficient (Wildman–Crippen LogP) is 1.64. The SMILES string of the molecule is CC1OCCC1(C)NS(=O)(=O)c1cc(CN)ccc1Cl. The van der Waals surface area contributed by atoms with Crippen LogP contribution in [0.4, 0.5) is 0 Å². The van der Waals surface area contributed by atoms with Gasteiger partial charge in [-0.25, -0.2) is 13.1 Å². The van der Waals surface area contributed by atoms with Crippen molar-refractivity contribution in [1.82, 2.24) is 4.72 Å². The van der Waals surface area contributed by atoms with Crippen molar-refractivity contribution in [1.29, 1.82) is 0 Å². The second-order valence-electron chi connectivity index (χ2n) is 5.25. The average molecular weight is 319 g/mol. The highest BCUT2D eigenvalue weighted by Gasteiger charge is 2.41. The molecule has 2 rings (SSSR count). The van der Waals surface area contributed by atoms with Crippen LogP contribution in [0.3, 0.4) is 0 Å². The molecule has 5 nitrogen and oxygen atoms in total. The van der Waals surface area contributed by atoms with E-state index in [0.717, 1.165) is 5.56 Å². The molecule has 7 heteroatoms. The third-order valence-corrected chi connectivity index (χ3v) is 5.87. The third-order valence-electron chi connectivity index (χ3n) is 3.77. The van der Waals surface area contributed by atoms with Gasteiger partial charge in [-0.2, -0.15) is 0 Å². The maximum absolute atomic E-state index is 12.5. The minimum absolute atomic E-state index is 0.0578. The molecule has 0 aromatic heterocycles. The number of benzene rings is 1. The molecular weight excluding hydrogens is 300 g/mol. The molecular formula is C13H19ClN2O3S. The first-order valence-electron chi connectivity index (χ1n) is 6.42. The zero-order valence-electron chi connectivity index (χ0n) is 11.5. The summed E-state index contributed by atoms with van der Waals surface area (Å²) in [4.78, 5) is 0.0578. The number of hydrogen-bond acceptors (Lipinski definition) is 4. The summed E-state index contributed by atoms with van der Waals surface area (Å²) in [5, 5.41) is 0.185. The van der Waals surface area contributed by atoms with Gasteiger partial charge in [0.1, 0.15) is 4.90 Å². The van der Waals surface area contributed by atoms with Crippen LogP contribution < -0.4 is 10.5 Å². The molecule has 0 spiro atoms. The molecule has 0 bridgehead atoms. The van der Waals surface area contributed by atoms with Crippen LogP contribution in [0, 0.1) is 0 Å². The Kier molecular flexibility index (Phi) is 4.41. The Morgan fingerprint density at radius 2 is 2.25 bits per heavy atom. The molecule has 1 aliphatic heterocycles. The van der Waals surface area contributed by atoms with Gasteiger partial charge in [0, 0.05) is 13.2 Å². The number of hydrogen-bond donors (Lipinski definition) is 2. The molecule has 1 heterocycles. The van der Waals surface area contributed by atoms with Gasteiger partial charge in [0.05, 0.1) is 16.7 Å². The summed E-state index contributed by atoms with van der Waals surface area (Å²) in [5.41, 5.74) is 5.64. The first kappa shape index (κ1) is 15.7. The van der Waals surface area contributed by atoms with E-state index in [1.165, 1.54) is 6.07 Å². The molecule has 1 aromatic carbocycles. The van der Waals surface area contributed by atoms with Crippen LogP contribution in [0.15, 0.2) is 23.1 Å². The van der Waals surface area contributed by atoms with E-state index in [-0.39, 0.29) is 22.6 Å². The molecule has 0 aliphatic carbocycles. The van der Waals surface area contributed by atoms with E-state index in [1.54, 1.807) is 12.1 Å². The van der Waals surface area contributed by atoms with Crippen LogP contribution in [0.1, 0.15) is 25.8 Å². The molecule has 1 saturated heterocycles. The second kappa shape index (κ2) is 5.61. The van der Waals surface area contributed by atoms with Gasteiger partial charge in [-0.1, -0.05) is 17.7 Å². The highest BCUT2D eigenvalue weighted by molar-refractivity contribution is 7.89. The van der Waals surface area contributed by atoms with Crippen molar-refractivity contribution in [3.63, 3.8) is 0 Å². The minimum Gasteiger partial charge on any atom is -0.376 e. The Morgan fingerprint density at radius 3 is 2.80 bits per heavy atom. The van der Waals surface area contributed by atoms with Crippen LogP contribution in [0.5, 0.6) is 0 Å². The van der Waals surface area contributed by atoms with E-state index in [9.17, 15) is 8.42 Å². The lowest BCUT2D eigenvalue weighted by Gasteiger charge is -2.28. The van der Waals surface area contributed by atoms with Crippen LogP contribution in [0.2, 0.25) is 5.02 Å². The zero-order valence-corrected chi connectivity index (χ0v) is 13.1. The van der Waals surface area contributed by atoms with Gasteiger partial charge < -0.3 is 10.5 Å². The molecule has 1 aromatic rings. The van der Waals surface area contributed by atoms with Crippen molar-refractivity contribution in [2.75, 3.05) is 6.61 Å². The topological polar surface area (TPSA) is 81.4 Å². The summed E-state index contributed by atoms with van der Waals surface area (Å²) < 4.78 is 33.2. The molecule has 3 N–H and O–H groups in total. The van der Waals surface area contributed by atoms with Crippen molar-refractivity contribution in [3.05, 3.63) is 28.8 Å². The lowest BCUT2D eigenvalue weighted by atomic mass is 9.97. The number of nitrogens with two attached hydrogens (primary N) is 1. The van der Waals surface area contributed by atoms with Crippen molar-refractivity contribution in [3.8, 4) is 0 Å². The molecule has 1 fully saturated rings. The average Bonchev–Trinajstić information content (AvgIpc) is 2.68. The highest BCUT2D eigenvalue weighted by Crippen LogP contribution is 2.29. The first-order chi connectivity index (χ1) is 9.28. The molecule has 112 valence electrons. The normalized spacial score (nSPS) is 26.9. The summed E-state index contributed by atoms with van der Waals surface area (Å²) in [6.07, 6.45) is 0.440. The monoisotopic (exact) mass is 318 g/mol. The van der Waals surface area contributed by atoms with Gasteiger partial charge >= 0.3 is 0 Å². The molecule has 20 heavy (non-hydrogen) atoms. The summed E-state index contributed by atoms with van der Waals surface area (Å²) in [7, 11) is -3.72. The van der Waals surface area contributed by atoms with Crippen LogP contribution in [0.25, 0.3) is 0 Å². The highest BCUT2D eigenvalue weighted by atomic mass is 35.5. The quantitative estimate of drug-likeness (QED) is 0.884. The van der Waals surface area contributed by atoms with Crippen molar-refractivity contribution in [2.45, 2.75) is 43.4 Å². The van der Waals surface area contributed by atoms with E-state index in [0.29, 0.717) is 13.0 Å². The van der Waals surface area contributed by atoms with Crippen LogP contribution in [-0.2, 0) is 21.3 Å². The molecule has 2 atom stereocenters. The largest absolute Gasteiger partial charge is 0.376 e. The van der Waals surface area contributed by atoms with E-state index in [2.05, 4.69) is 4.72 Å². The van der Waals surface area contributed by atoms with Gasteiger partial charge in [0.25, 0.3) is 0 Å². The fourth-order valence-electron chi connectivity index (χ4n) is 2.21. The van der Waals surface area contributed by atoms with E-state index in [1.807, 2.05) is 13.8 Å². The minimum atomic E-state index is -3.72. The number of nitrogens with one attached hydrogen (secondary N) is 1. The Morgan fingerprint density at radius 1 is 1.55 bits per heavy atom. The Hall–Kier alpha value is -0.660. The van der Waals surface area contributed by atoms with E-state index < -0.39 is 15.6 Å². The van der Waals surface area contributed by atoms with Crippen molar-refractivity contribution >= 4 is 21.6 Å². The maximum Gasteiger partial charge on any atom is 0.242 e. The van der Waals surface area contributed by atoms with E-state index in [4.69, 9.17) is 22.1 Å². The standard InChI is InChI=1S/C13H19ClN2O3S/c1-9-13(2,5-6-19-9)16-20(17,18)12-7-10(8-15)3-4-11(12)14/h3-4,7,9,16H,5-6,8,15H2,1-2H3. The first-order valence-corrected chi connectivity index (χ1v) is 8.29. The summed E-state index contributed by atoms with van der Waals surface area (Å²) in [6, 6.07) is 4.77. The smallest absolute Gasteiger partial charge is 0.242 e. The van der Waals surface area contributed by atoms with Crippen molar-refractivity contribution in [2.24, 2.45) is 5.73 Å². The fourth-order valence-corrected chi connectivity index (χ4v) is 4.26.